The molecule has 0 aromatic rings. The summed E-state index contributed by atoms with van der Waals surface area (Å²) >= 11 is 3.85. The average molecular weight is 494 g/mol. The lowest BCUT2D eigenvalue weighted by Crippen LogP contribution is -2.58. The number of hydrogen-bond donors (Lipinski definition) is 10. The van der Waals surface area contributed by atoms with E-state index in [0.717, 1.165) is 0 Å². The van der Waals surface area contributed by atoms with Crippen LogP contribution in [-0.2, 0) is 24.0 Å². The van der Waals surface area contributed by atoms with Gasteiger partial charge in [-0.2, -0.15) is 12.6 Å². The first kappa shape index (κ1) is 29.9. The normalized spacial score (nSPS) is 15.2. The summed E-state index contributed by atoms with van der Waals surface area (Å²) in [6, 6.07) is -5.73. The summed E-state index contributed by atoms with van der Waals surface area (Å²) in [5.41, 5.74) is 15.9. The molecule has 0 aromatic carbocycles. The molecule has 15 nitrogen and oxygen atoms in total. The summed E-state index contributed by atoms with van der Waals surface area (Å²) in [5.74, 6) is -6.12. The van der Waals surface area contributed by atoms with Crippen molar-refractivity contribution in [1.82, 2.24) is 16.0 Å². The van der Waals surface area contributed by atoms with Gasteiger partial charge in [-0.05, 0) is 19.8 Å². The predicted molar refractivity (Wildman–Crippen MR) is 119 cm³/mol. The summed E-state index contributed by atoms with van der Waals surface area (Å²) in [4.78, 5) is 63.4. The number of nitrogens with zero attached hydrogens (tertiary/aromatic N) is 1. The molecule has 0 aliphatic heterocycles. The molecular formula is C17H31N7O8S. The third kappa shape index (κ3) is 11.9. The third-order valence-corrected chi connectivity index (χ3v) is 4.57. The zero-order valence-electron chi connectivity index (χ0n) is 17.9. The molecule has 5 atom stereocenters. The Hall–Kier alpha value is -3.11. The fraction of sp³-hybridized carbons (Fsp3) is 0.647. The van der Waals surface area contributed by atoms with Gasteiger partial charge in [0.25, 0.3) is 0 Å². The summed E-state index contributed by atoms with van der Waals surface area (Å²) in [5, 5.41) is 34.2. The summed E-state index contributed by atoms with van der Waals surface area (Å²) in [6.07, 6.45) is -1.98. The number of carboxylic acid groups (broad SMARTS) is 2. The van der Waals surface area contributed by atoms with Gasteiger partial charge in [-0.15, -0.1) is 0 Å². The molecule has 0 heterocycles. The molecule has 0 radical (unpaired) electrons. The molecule has 5 unspecified atom stereocenters. The van der Waals surface area contributed by atoms with E-state index in [1.54, 1.807) is 0 Å². The van der Waals surface area contributed by atoms with Crippen molar-refractivity contribution < 1.29 is 39.3 Å². The minimum Gasteiger partial charge on any atom is -0.481 e. The zero-order chi connectivity index (χ0) is 25.7. The Labute approximate surface area is 194 Å². The number of aliphatic carboxylic acids is 2. The van der Waals surface area contributed by atoms with Crippen LogP contribution in [0.1, 0.15) is 26.2 Å². The van der Waals surface area contributed by atoms with Gasteiger partial charge in [0.2, 0.25) is 17.7 Å². The highest BCUT2D eigenvalue weighted by atomic mass is 32.1. The minimum absolute atomic E-state index is 0.0474. The third-order valence-electron chi connectivity index (χ3n) is 4.21. The Morgan fingerprint density at radius 2 is 1.45 bits per heavy atom. The van der Waals surface area contributed by atoms with Crippen molar-refractivity contribution in [2.24, 2.45) is 22.2 Å². The van der Waals surface area contributed by atoms with Gasteiger partial charge in [-0.25, -0.2) is 4.79 Å². The first-order chi connectivity index (χ1) is 15.3. The molecule has 0 spiro atoms. The second-order valence-electron chi connectivity index (χ2n) is 7.02. The van der Waals surface area contributed by atoms with Crippen molar-refractivity contribution in [2.75, 3.05) is 12.3 Å². The van der Waals surface area contributed by atoms with Crippen LogP contribution in [0.2, 0.25) is 0 Å². The highest BCUT2D eigenvalue weighted by molar-refractivity contribution is 7.80. The standard InChI is InChI=1S/C17H31N7O8S/c1-7(25)12(18)15(30)23-9(5-11(26)27)14(29)22-8(3-2-4-21-17(19)20)13(28)24-10(6-33)16(31)32/h7-10,12,25,33H,2-6,18H2,1H3,(H,22,29)(H,23,30)(H,24,28)(H,26,27)(H,31,32)(H4,19,20,21). The molecule has 0 rings (SSSR count). The zero-order valence-corrected chi connectivity index (χ0v) is 18.8. The molecule has 0 saturated carbocycles. The van der Waals surface area contributed by atoms with Crippen LogP contribution in [0.25, 0.3) is 0 Å². The van der Waals surface area contributed by atoms with Crippen LogP contribution in [0.5, 0.6) is 0 Å². The number of nitrogens with two attached hydrogens (primary N) is 3. The highest BCUT2D eigenvalue weighted by Gasteiger charge is 2.31. The molecule has 0 aliphatic rings. The molecule has 0 saturated heterocycles. The molecule has 188 valence electrons. The van der Waals surface area contributed by atoms with Crippen molar-refractivity contribution in [1.29, 1.82) is 0 Å². The Kier molecular flexibility index (Phi) is 13.5. The fourth-order valence-corrected chi connectivity index (χ4v) is 2.62. The van der Waals surface area contributed by atoms with Gasteiger partial charge in [0, 0.05) is 12.3 Å². The first-order valence-corrected chi connectivity index (χ1v) is 10.4. The summed E-state index contributed by atoms with van der Waals surface area (Å²) < 4.78 is 0. The van der Waals surface area contributed by atoms with Crippen molar-refractivity contribution >= 4 is 48.2 Å². The largest absolute Gasteiger partial charge is 0.481 e. The van der Waals surface area contributed by atoms with Gasteiger partial charge in [0.05, 0.1) is 12.5 Å². The van der Waals surface area contributed by atoms with Crippen molar-refractivity contribution in [3.8, 4) is 0 Å². The smallest absolute Gasteiger partial charge is 0.327 e. The van der Waals surface area contributed by atoms with E-state index >= 15 is 0 Å². The van der Waals surface area contributed by atoms with E-state index in [1.165, 1.54) is 6.92 Å². The second kappa shape index (κ2) is 14.9. The van der Waals surface area contributed by atoms with Crippen molar-refractivity contribution in [3.05, 3.63) is 0 Å². The van der Waals surface area contributed by atoms with E-state index in [1.807, 2.05) is 0 Å². The maximum atomic E-state index is 12.7. The average Bonchev–Trinajstić information content (AvgIpc) is 2.71. The number of guanidine groups is 1. The highest BCUT2D eigenvalue weighted by Crippen LogP contribution is 2.04. The van der Waals surface area contributed by atoms with Gasteiger partial charge in [-0.3, -0.25) is 24.2 Å². The van der Waals surface area contributed by atoms with Crippen LogP contribution in [0.15, 0.2) is 4.99 Å². The minimum atomic E-state index is -1.63. The van der Waals surface area contributed by atoms with Gasteiger partial charge < -0.3 is 48.5 Å². The van der Waals surface area contributed by atoms with Gasteiger partial charge in [0.1, 0.15) is 24.2 Å². The lowest BCUT2D eigenvalue weighted by Gasteiger charge is -2.24. The first-order valence-electron chi connectivity index (χ1n) is 9.75. The van der Waals surface area contributed by atoms with E-state index in [4.69, 9.17) is 27.4 Å². The number of thiol groups is 1. The van der Waals surface area contributed by atoms with Crippen LogP contribution < -0.4 is 33.2 Å². The number of carboxylic acids is 2. The summed E-state index contributed by atoms with van der Waals surface area (Å²) in [6.45, 7) is 1.32. The van der Waals surface area contributed by atoms with Crippen molar-refractivity contribution in [2.45, 2.75) is 56.5 Å². The second-order valence-corrected chi connectivity index (χ2v) is 7.38. The number of aliphatic hydroxyl groups is 1. The molecule has 0 bridgehead atoms. The number of aliphatic imine (C=N–C) groups is 1. The Balaban J connectivity index is 5.55. The Morgan fingerprint density at radius 3 is 1.91 bits per heavy atom. The number of amides is 3. The number of nitrogens with one attached hydrogen (secondary N) is 3. The van der Waals surface area contributed by atoms with Crippen LogP contribution in [0, 0.1) is 0 Å². The van der Waals surface area contributed by atoms with Crippen LogP contribution in [0.3, 0.4) is 0 Å². The van der Waals surface area contributed by atoms with E-state index in [2.05, 4.69) is 33.6 Å². The van der Waals surface area contributed by atoms with Crippen LogP contribution in [-0.4, -0.2) is 93.5 Å². The van der Waals surface area contributed by atoms with E-state index < -0.39 is 66.4 Å². The monoisotopic (exact) mass is 493 g/mol. The van der Waals surface area contributed by atoms with E-state index in [0.29, 0.717) is 0 Å². The molecule has 16 heteroatoms. The van der Waals surface area contributed by atoms with Crippen molar-refractivity contribution in [3.63, 3.8) is 0 Å². The quantitative estimate of drug-likeness (QED) is 0.0451. The number of carbonyl (C=O) groups is 5. The number of carbonyl (C=O) groups excluding carboxylic acids is 3. The Bertz CT molecular complexity index is 745. The number of aliphatic hydroxyl groups excluding tert-OH is 1. The Morgan fingerprint density at radius 1 is 0.939 bits per heavy atom. The molecule has 0 fully saturated rings. The topological polar surface area (TPSA) is 273 Å². The van der Waals surface area contributed by atoms with Crippen LogP contribution >= 0.6 is 12.6 Å². The predicted octanol–water partition coefficient (Wildman–Crippen LogP) is -4.31. The van der Waals surface area contributed by atoms with Gasteiger partial charge in [-0.1, -0.05) is 0 Å². The van der Waals surface area contributed by atoms with E-state index in [9.17, 15) is 29.1 Å². The van der Waals surface area contributed by atoms with Gasteiger partial charge in [0.15, 0.2) is 5.96 Å². The summed E-state index contributed by atoms with van der Waals surface area (Å²) in [7, 11) is 0. The molecule has 0 aliphatic carbocycles. The number of hydrogen-bond acceptors (Lipinski definition) is 9. The molecule has 33 heavy (non-hydrogen) atoms. The lowest BCUT2D eigenvalue weighted by atomic mass is 10.1. The maximum absolute atomic E-state index is 12.7. The maximum Gasteiger partial charge on any atom is 0.327 e. The number of rotatable bonds is 15. The SMILES string of the molecule is CC(O)C(N)C(=O)NC(CC(=O)O)C(=O)NC(CCCN=C(N)N)C(=O)NC(CS)C(=O)O. The lowest BCUT2D eigenvalue weighted by molar-refractivity contribution is -0.143. The van der Waals surface area contributed by atoms with Crippen LogP contribution in [0.4, 0.5) is 0 Å². The molecule has 0 aromatic heterocycles. The van der Waals surface area contributed by atoms with Gasteiger partial charge >= 0.3 is 11.9 Å². The van der Waals surface area contributed by atoms with E-state index in [-0.39, 0.29) is 31.1 Å². The molecule has 3 amide bonds. The molecule has 12 N–H and O–H groups in total. The fourth-order valence-electron chi connectivity index (χ4n) is 2.37. The molecular weight excluding hydrogens is 462 g/mol.